The van der Waals surface area contributed by atoms with Crippen LogP contribution in [0.5, 0.6) is 5.75 Å². The van der Waals surface area contributed by atoms with E-state index in [1.54, 1.807) is 17.4 Å². The first-order chi connectivity index (χ1) is 15.6. The molecule has 0 fully saturated rings. The van der Waals surface area contributed by atoms with Crippen molar-refractivity contribution in [1.29, 1.82) is 0 Å². The minimum atomic E-state index is -0.642. The van der Waals surface area contributed by atoms with Crippen LogP contribution in [0.2, 0.25) is 0 Å². The summed E-state index contributed by atoms with van der Waals surface area (Å²) in [5.41, 5.74) is 1.19. The third-order valence-corrected chi connectivity index (χ3v) is 6.48. The van der Waals surface area contributed by atoms with E-state index in [-0.39, 0.29) is 25.1 Å². The lowest BCUT2D eigenvalue weighted by atomic mass is 10.0. The maximum Gasteiger partial charge on any atom is 0.237 e. The number of ether oxygens (including phenoxy) is 2. The molecule has 0 bridgehead atoms. The number of aliphatic hydroxyl groups excluding tert-OH is 1. The Morgan fingerprint density at radius 2 is 2.19 bits per heavy atom. The molecule has 1 aromatic carbocycles. The lowest BCUT2D eigenvalue weighted by Gasteiger charge is -2.37. The summed E-state index contributed by atoms with van der Waals surface area (Å²) in [6.45, 7) is 8.85. The van der Waals surface area contributed by atoms with E-state index in [4.69, 9.17) is 9.47 Å². The van der Waals surface area contributed by atoms with Crippen molar-refractivity contribution in [3.05, 3.63) is 64.9 Å². The zero-order valence-electron chi connectivity index (χ0n) is 18.8. The normalized spacial score (nSPS) is 16.6. The summed E-state index contributed by atoms with van der Waals surface area (Å²) in [5.74, 6) is 0.869. The van der Waals surface area contributed by atoms with Gasteiger partial charge in [0.15, 0.2) is 0 Å². The van der Waals surface area contributed by atoms with Crippen molar-refractivity contribution in [2.75, 3.05) is 46.0 Å². The molecule has 0 radical (unpaired) electrons. The highest BCUT2D eigenvalue weighted by molar-refractivity contribution is 7.10. The number of rotatable bonds is 13. The Kier molecular flexibility index (Phi) is 9.74. The number of hydrogen-bond donors (Lipinski definition) is 1. The number of benzene rings is 1. The molecule has 174 valence electrons. The Bertz CT molecular complexity index is 841. The van der Waals surface area contributed by atoms with Crippen LogP contribution in [-0.2, 0) is 16.0 Å². The number of amides is 1. The van der Waals surface area contributed by atoms with E-state index in [1.807, 2.05) is 40.1 Å². The zero-order chi connectivity index (χ0) is 22.8. The van der Waals surface area contributed by atoms with Gasteiger partial charge in [-0.1, -0.05) is 31.2 Å². The molecule has 32 heavy (non-hydrogen) atoms. The van der Waals surface area contributed by atoms with Crippen molar-refractivity contribution < 1.29 is 19.4 Å². The summed E-state index contributed by atoms with van der Waals surface area (Å²) in [4.78, 5) is 18.7. The number of nitrogens with zero attached hydrogens (tertiary/aromatic N) is 2. The van der Waals surface area contributed by atoms with Gasteiger partial charge in [0.2, 0.25) is 5.91 Å². The smallest absolute Gasteiger partial charge is 0.237 e. The first kappa shape index (κ1) is 24.5. The molecule has 2 heterocycles. The van der Waals surface area contributed by atoms with E-state index in [0.717, 1.165) is 25.1 Å². The van der Waals surface area contributed by atoms with Gasteiger partial charge in [-0.05, 0) is 48.5 Å². The highest BCUT2D eigenvalue weighted by Gasteiger charge is 2.33. The number of carbonyl (C=O) groups excluding carboxylic acids is 1. The minimum Gasteiger partial charge on any atom is -0.491 e. The number of aliphatic hydroxyl groups is 1. The Morgan fingerprint density at radius 1 is 1.38 bits per heavy atom. The average molecular weight is 459 g/mol. The third-order valence-electron chi connectivity index (χ3n) is 5.48. The molecule has 1 aliphatic rings. The van der Waals surface area contributed by atoms with Gasteiger partial charge in [-0.3, -0.25) is 9.69 Å². The molecule has 1 aliphatic heterocycles. The molecule has 0 unspecified atom stereocenters. The molecule has 2 aromatic rings. The molecular formula is C25H34N2O4S. The van der Waals surface area contributed by atoms with Gasteiger partial charge >= 0.3 is 0 Å². The van der Waals surface area contributed by atoms with Gasteiger partial charge in [0.25, 0.3) is 0 Å². The van der Waals surface area contributed by atoms with Gasteiger partial charge < -0.3 is 19.5 Å². The molecular weight excluding hydrogens is 424 g/mol. The fraction of sp³-hybridized carbons (Fsp3) is 0.480. The summed E-state index contributed by atoms with van der Waals surface area (Å²) in [7, 11) is 0. The molecule has 1 N–H and O–H groups in total. The number of thiophene rings is 1. The highest BCUT2D eigenvalue weighted by atomic mass is 32.1. The number of para-hydroxylation sites is 1. The third kappa shape index (κ3) is 6.90. The molecule has 6 nitrogen and oxygen atoms in total. The van der Waals surface area contributed by atoms with Gasteiger partial charge in [-0.25, -0.2) is 0 Å². The molecule has 2 atom stereocenters. The van der Waals surface area contributed by atoms with Crippen LogP contribution in [0.25, 0.3) is 0 Å². The van der Waals surface area contributed by atoms with Gasteiger partial charge in [0, 0.05) is 18.0 Å². The molecule has 7 heteroatoms. The van der Waals surface area contributed by atoms with Crippen molar-refractivity contribution in [2.24, 2.45) is 0 Å². The van der Waals surface area contributed by atoms with E-state index in [1.165, 1.54) is 10.4 Å². The van der Waals surface area contributed by atoms with E-state index >= 15 is 0 Å². The number of carbonyl (C=O) groups is 1. The monoisotopic (exact) mass is 458 g/mol. The summed E-state index contributed by atoms with van der Waals surface area (Å²) in [5, 5.41) is 12.4. The van der Waals surface area contributed by atoms with Crippen LogP contribution in [0.4, 0.5) is 0 Å². The van der Waals surface area contributed by atoms with Crippen LogP contribution in [0, 0.1) is 0 Å². The Labute approximate surface area is 195 Å². The zero-order valence-corrected chi connectivity index (χ0v) is 19.6. The van der Waals surface area contributed by atoms with E-state index < -0.39 is 6.10 Å². The van der Waals surface area contributed by atoms with Crippen LogP contribution >= 0.6 is 11.3 Å². The maximum atomic E-state index is 13.4. The fourth-order valence-electron chi connectivity index (χ4n) is 4.04. The second-order valence-corrected chi connectivity index (χ2v) is 8.99. The van der Waals surface area contributed by atoms with Crippen LogP contribution in [0.15, 0.2) is 54.4 Å². The predicted octanol–water partition coefficient (Wildman–Crippen LogP) is 3.53. The van der Waals surface area contributed by atoms with Crippen LogP contribution < -0.4 is 4.74 Å². The summed E-state index contributed by atoms with van der Waals surface area (Å²) in [6, 6.07) is 11.7. The minimum absolute atomic E-state index is 0.0659. The molecule has 0 aliphatic carbocycles. The average Bonchev–Trinajstić information content (AvgIpc) is 3.27. The Hall–Kier alpha value is -2.19. The van der Waals surface area contributed by atoms with Crippen molar-refractivity contribution in [1.82, 2.24) is 9.80 Å². The van der Waals surface area contributed by atoms with Crippen LogP contribution in [0.3, 0.4) is 0 Å². The van der Waals surface area contributed by atoms with Crippen molar-refractivity contribution in [3.8, 4) is 5.75 Å². The van der Waals surface area contributed by atoms with Crippen molar-refractivity contribution in [2.45, 2.75) is 31.9 Å². The van der Waals surface area contributed by atoms with Gasteiger partial charge in [-0.15, -0.1) is 17.9 Å². The summed E-state index contributed by atoms with van der Waals surface area (Å²) in [6.07, 6.45) is 2.79. The second-order valence-electron chi connectivity index (χ2n) is 7.99. The number of fused-ring (bicyclic) bond motifs is 1. The molecule has 0 saturated heterocycles. The largest absolute Gasteiger partial charge is 0.491 e. The first-order valence-corrected chi connectivity index (χ1v) is 12.1. The summed E-state index contributed by atoms with van der Waals surface area (Å²) >= 11 is 1.75. The van der Waals surface area contributed by atoms with Gasteiger partial charge in [0.1, 0.15) is 12.4 Å². The van der Waals surface area contributed by atoms with Crippen LogP contribution in [0.1, 0.15) is 29.8 Å². The highest BCUT2D eigenvalue weighted by Crippen LogP contribution is 2.34. The molecule has 0 spiro atoms. The van der Waals surface area contributed by atoms with Crippen LogP contribution in [-0.4, -0.2) is 72.9 Å². The Balaban J connectivity index is 1.65. The molecule has 1 amide bonds. The molecule has 0 saturated carbocycles. The standard InChI is InChI=1S/C25H34N2O4S/c1-3-12-26(16-20(28)18-30-14-4-2)17-25(29)27-13-10-24-22(11-15-32-24)23(27)19-31-21-8-6-5-7-9-21/h4-9,11,15,20,23,28H,2-3,10,12-14,16-19H2,1H3/t20-,23-/m0/s1. The topological polar surface area (TPSA) is 62.2 Å². The number of hydrogen-bond acceptors (Lipinski definition) is 6. The quantitative estimate of drug-likeness (QED) is 0.368. The van der Waals surface area contributed by atoms with Gasteiger partial charge in [-0.2, -0.15) is 0 Å². The van der Waals surface area contributed by atoms with Gasteiger partial charge in [0.05, 0.1) is 31.9 Å². The summed E-state index contributed by atoms with van der Waals surface area (Å²) < 4.78 is 11.4. The Morgan fingerprint density at radius 3 is 2.94 bits per heavy atom. The maximum absolute atomic E-state index is 13.4. The van der Waals surface area contributed by atoms with E-state index in [9.17, 15) is 9.90 Å². The molecule has 1 aromatic heterocycles. The second kappa shape index (κ2) is 12.7. The lowest BCUT2D eigenvalue weighted by molar-refractivity contribution is -0.136. The lowest BCUT2D eigenvalue weighted by Crippen LogP contribution is -2.48. The van der Waals surface area contributed by atoms with Crippen molar-refractivity contribution >= 4 is 17.2 Å². The van der Waals surface area contributed by atoms with E-state index in [2.05, 4.69) is 24.9 Å². The SMILES string of the molecule is C=CCOC[C@@H](O)CN(CCC)CC(=O)N1CCc2sccc2[C@@H]1COc1ccccc1. The molecule has 3 rings (SSSR count). The fourth-order valence-corrected chi connectivity index (χ4v) is 4.97. The predicted molar refractivity (Wildman–Crippen MR) is 128 cm³/mol. The van der Waals surface area contributed by atoms with Crippen molar-refractivity contribution in [3.63, 3.8) is 0 Å². The van der Waals surface area contributed by atoms with E-state index in [0.29, 0.717) is 26.3 Å². The first-order valence-electron chi connectivity index (χ1n) is 11.2.